The van der Waals surface area contributed by atoms with Crippen molar-refractivity contribution in [2.24, 2.45) is 0 Å². The van der Waals surface area contributed by atoms with Crippen molar-refractivity contribution in [2.45, 2.75) is 4.90 Å². The number of nitrogens with zero attached hydrogens (tertiary/aromatic N) is 1. The molecule has 5 nitrogen and oxygen atoms in total. The lowest BCUT2D eigenvalue weighted by atomic mass is 10.2. The second-order valence-corrected chi connectivity index (χ2v) is 7.88. The minimum atomic E-state index is -3.73. The van der Waals surface area contributed by atoms with Crippen LogP contribution in [-0.4, -0.2) is 34.7 Å². The highest BCUT2D eigenvalue weighted by molar-refractivity contribution is 7.92. The van der Waals surface area contributed by atoms with E-state index in [0.717, 1.165) is 5.69 Å². The maximum Gasteiger partial charge on any atom is 0.261 e. The molecule has 1 heterocycles. The van der Waals surface area contributed by atoms with E-state index in [4.69, 9.17) is 27.9 Å². The highest BCUT2D eigenvalue weighted by atomic mass is 35.5. The van der Waals surface area contributed by atoms with Crippen molar-refractivity contribution >= 4 is 44.6 Å². The first-order valence-corrected chi connectivity index (χ1v) is 9.60. The minimum Gasteiger partial charge on any atom is -0.378 e. The third kappa shape index (κ3) is 3.95. The van der Waals surface area contributed by atoms with Crippen LogP contribution in [0.15, 0.2) is 47.4 Å². The van der Waals surface area contributed by atoms with Gasteiger partial charge in [-0.25, -0.2) is 8.42 Å². The lowest BCUT2D eigenvalue weighted by Gasteiger charge is -2.30. The number of anilines is 2. The van der Waals surface area contributed by atoms with Crippen LogP contribution in [0.5, 0.6) is 0 Å². The first-order valence-electron chi connectivity index (χ1n) is 7.36. The van der Waals surface area contributed by atoms with Crippen LogP contribution in [0.4, 0.5) is 11.4 Å². The first kappa shape index (κ1) is 17.4. The zero-order valence-electron chi connectivity index (χ0n) is 12.7. The van der Waals surface area contributed by atoms with E-state index in [9.17, 15) is 8.42 Å². The summed E-state index contributed by atoms with van der Waals surface area (Å²) >= 11 is 11.9. The lowest BCUT2D eigenvalue weighted by molar-refractivity contribution is 0.123. The third-order valence-corrected chi connectivity index (χ3v) is 5.55. The van der Waals surface area contributed by atoms with Gasteiger partial charge in [0.2, 0.25) is 0 Å². The van der Waals surface area contributed by atoms with Gasteiger partial charge in [-0.1, -0.05) is 23.2 Å². The van der Waals surface area contributed by atoms with Gasteiger partial charge in [0, 0.05) is 23.1 Å². The molecule has 24 heavy (non-hydrogen) atoms. The van der Waals surface area contributed by atoms with Crippen LogP contribution in [0.3, 0.4) is 0 Å². The van der Waals surface area contributed by atoms with Crippen LogP contribution in [0, 0.1) is 0 Å². The number of ether oxygens (including phenoxy) is 1. The van der Waals surface area contributed by atoms with Gasteiger partial charge in [0.1, 0.15) is 0 Å². The number of sulfonamides is 1. The Labute approximate surface area is 151 Å². The number of nitrogens with one attached hydrogen (secondary N) is 1. The number of halogens is 2. The molecule has 0 aromatic heterocycles. The van der Waals surface area contributed by atoms with Crippen molar-refractivity contribution in [3.05, 3.63) is 52.5 Å². The second-order valence-electron chi connectivity index (χ2n) is 5.32. The van der Waals surface area contributed by atoms with E-state index in [1.807, 2.05) is 6.07 Å². The largest absolute Gasteiger partial charge is 0.378 e. The summed E-state index contributed by atoms with van der Waals surface area (Å²) in [6, 6.07) is 11.2. The highest BCUT2D eigenvalue weighted by Crippen LogP contribution is 2.31. The number of hydrogen-bond donors (Lipinski definition) is 1. The van der Waals surface area contributed by atoms with Gasteiger partial charge in [0.15, 0.2) is 0 Å². The molecule has 2 aromatic rings. The monoisotopic (exact) mass is 386 g/mol. The first-order chi connectivity index (χ1) is 11.5. The molecule has 1 aliphatic rings. The Kier molecular flexibility index (Phi) is 5.20. The van der Waals surface area contributed by atoms with Crippen molar-refractivity contribution in [2.75, 3.05) is 35.9 Å². The summed E-state index contributed by atoms with van der Waals surface area (Å²) in [6.07, 6.45) is 0. The average molecular weight is 387 g/mol. The summed E-state index contributed by atoms with van der Waals surface area (Å²) in [5, 5.41) is 0.937. The SMILES string of the molecule is O=S(=O)(Nc1cc(Cl)ccc1N1CCOCC1)c1ccc(Cl)cc1. The zero-order valence-corrected chi connectivity index (χ0v) is 15.0. The molecule has 0 aliphatic carbocycles. The fourth-order valence-electron chi connectivity index (χ4n) is 2.49. The third-order valence-electron chi connectivity index (χ3n) is 3.68. The summed E-state index contributed by atoms with van der Waals surface area (Å²) < 4.78 is 33.2. The van der Waals surface area contributed by atoms with Crippen molar-refractivity contribution in [1.29, 1.82) is 0 Å². The van der Waals surface area contributed by atoms with Crippen LogP contribution in [0.25, 0.3) is 0 Å². The van der Waals surface area contributed by atoms with Gasteiger partial charge in [-0.2, -0.15) is 0 Å². The van der Waals surface area contributed by atoms with Crippen molar-refractivity contribution in [3.8, 4) is 0 Å². The quantitative estimate of drug-likeness (QED) is 0.871. The topological polar surface area (TPSA) is 58.6 Å². The molecule has 2 aromatic carbocycles. The van der Waals surface area contributed by atoms with E-state index >= 15 is 0 Å². The second kappa shape index (κ2) is 7.19. The molecule has 128 valence electrons. The fraction of sp³-hybridized carbons (Fsp3) is 0.250. The van der Waals surface area contributed by atoms with Crippen LogP contribution >= 0.6 is 23.2 Å². The molecule has 3 rings (SSSR count). The van der Waals surface area contributed by atoms with Gasteiger partial charge in [-0.3, -0.25) is 4.72 Å². The summed E-state index contributed by atoms with van der Waals surface area (Å²) in [6.45, 7) is 2.59. The predicted molar refractivity (Wildman–Crippen MR) is 96.7 cm³/mol. The van der Waals surface area contributed by atoms with Gasteiger partial charge in [0.05, 0.1) is 29.5 Å². The van der Waals surface area contributed by atoms with E-state index in [0.29, 0.717) is 42.0 Å². The van der Waals surface area contributed by atoms with Gasteiger partial charge in [-0.05, 0) is 42.5 Å². The molecule has 8 heteroatoms. The van der Waals surface area contributed by atoms with Crippen LogP contribution < -0.4 is 9.62 Å². The normalized spacial score (nSPS) is 15.3. The Bertz CT molecular complexity index is 820. The summed E-state index contributed by atoms with van der Waals surface area (Å²) in [5.41, 5.74) is 1.22. The summed E-state index contributed by atoms with van der Waals surface area (Å²) in [7, 11) is -3.73. The van der Waals surface area contributed by atoms with Gasteiger partial charge in [-0.15, -0.1) is 0 Å². The Hall–Kier alpha value is -1.47. The molecule has 1 saturated heterocycles. The Morgan fingerprint density at radius 3 is 2.25 bits per heavy atom. The molecule has 0 bridgehead atoms. The Morgan fingerprint density at radius 2 is 1.58 bits per heavy atom. The van der Waals surface area contributed by atoms with Gasteiger partial charge in [0.25, 0.3) is 10.0 Å². The number of benzene rings is 2. The number of morpholine rings is 1. The molecule has 0 radical (unpaired) electrons. The average Bonchev–Trinajstić information content (AvgIpc) is 2.56. The van der Waals surface area contributed by atoms with Crippen molar-refractivity contribution in [1.82, 2.24) is 0 Å². The predicted octanol–water partition coefficient (Wildman–Crippen LogP) is 3.63. The molecule has 0 spiro atoms. The standard InChI is InChI=1S/C16H16Cl2N2O3S/c17-12-1-4-14(5-2-12)24(21,22)19-15-11-13(18)3-6-16(15)20-7-9-23-10-8-20/h1-6,11,19H,7-10H2. The molecule has 0 amide bonds. The molecule has 1 fully saturated rings. The van der Waals surface area contributed by atoms with E-state index in [1.165, 1.54) is 24.3 Å². The van der Waals surface area contributed by atoms with Gasteiger partial charge < -0.3 is 9.64 Å². The van der Waals surface area contributed by atoms with Crippen LogP contribution in [-0.2, 0) is 14.8 Å². The molecular weight excluding hydrogens is 371 g/mol. The Morgan fingerprint density at radius 1 is 0.958 bits per heavy atom. The number of hydrogen-bond acceptors (Lipinski definition) is 4. The Balaban J connectivity index is 1.93. The fourth-order valence-corrected chi connectivity index (χ4v) is 3.85. The highest BCUT2D eigenvalue weighted by Gasteiger charge is 2.20. The lowest BCUT2D eigenvalue weighted by Crippen LogP contribution is -2.36. The van der Waals surface area contributed by atoms with E-state index < -0.39 is 10.0 Å². The minimum absolute atomic E-state index is 0.139. The molecule has 1 aliphatic heterocycles. The number of rotatable bonds is 4. The van der Waals surface area contributed by atoms with Gasteiger partial charge >= 0.3 is 0 Å². The van der Waals surface area contributed by atoms with Crippen molar-refractivity contribution in [3.63, 3.8) is 0 Å². The van der Waals surface area contributed by atoms with Crippen LogP contribution in [0.1, 0.15) is 0 Å². The molecular formula is C16H16Cl2N2O3S. The van der Waals surface area contributed by atoms with E-state index in [1.54, 1.807) is 12.1 Å². The molecule has 0 unspecified atom stereocenters. The summed E-state index contributed by atoms with van der Waals surface area (Å²) in [5.74, 6) is 0. The molecule has 1 N–H and O–H groups in total. The molecule has 0 saturated carbocycles. The van der Waals surface area contributed by atoms with Crippen molar-refractivity contribution < 1.29 is 13.2 Å². The van der Waals surface area contributed by atoms with Crippen LogP contribution in [0.2, 0.25) is 10.0 Å². The maximum atomic E-state index is 12.6. The summed E-state index contributed by atoms with van der Waals surface area (Å²) in [4.78, 5) is 2.21. The maximum absolute atomic E-state index is 12.6. The van der Waals surface area contributed by atoms with E-state index in [-0.39, 0.29) is 4.90 Å². The van der Waals surface area contributed by atoms with E-state index in [2.05, 4.69) is 9.62 Å². The zero-order chi connectivity index (χ0) is 17.2. The molecule has 0 atom stereocenters. The smallest absolute Gasteiger partial charge is 0.261 e.